The largest absolute Gasteiger partial charge is 0.352 e. The SMILES string of the molecule is CCN1CCCC1CNC(=O)C(Cl)(c1ccccc1)c1ccccc1. The summed E-state index contributed by atoms with van der Waals surface area (Å²) in [6, 6.07) is 19.6. The fourth-order valence-electron chi connectivity index (χ4n) is 3.64. The molecule has 1 N–H and O–H groups in total. The zero-order valence-electron chi connectivity index (χ0n) is 14.6. The number of carbonyl (C=O) groups is 1. The Bertz CT molecular complexity index is 650. The van der Waals surface area contributed by atoms with E-state index < -0.39 is 4.87 Å². The Morgan fingerprint density at radius 1 is 1.12 bits per heavy atom. The Balaban J connectivity index is 1.83. The third-order valence-electron chi connectivity index (χ3n) is 5.06. The minimum atomic E-state index is -1.21. The van der Waals surface area contributed by atoms with E-state index in [2.05, 4.69) is 17.1 Å². The maximum absolute atomic E-state index is 13.2. The predicted octanol–water partition coefficient (Wildman–Crippen LogP) is 3.77. The van der Waals surface area contributed by atoms with Gasteiger partial charge >= 0.3 is 0 Å². The van der Waals surface area contributed by atoms with Crippen LogP contribution in [0.5, 0.6) is 0 Å². The quantitative estimate of drug-likeness (QED) is 0.799. The van der Waals surface area contributed by atoms with Gasteiger partial charge in [-0.2, -0.15) is 0 Å². The second-order valence-corrected chi connectivity index (χ2v) is 7.09. The van der Waals surface area contributed by atoms with Crippen LogP contribution in [0.25, 0.3) is 0 Å². The summed E-state index contributed by atoms with van der Waals surface area (Å²) >= 11 is 6.97. The summed E-state index contributed by atoms with van der Waals surface area (Å²) in [5.41, 5.74) is 1.58. The van der Waals surface area contributed by atoms with E-state index in [9.17, 15) is 4.79 Å². The van der Waals surface area contributed by atoms with Crippen molar-refractivity contribution in [2.24, 2.45) is 0 Å². The van der Waals surface area contributed by atoms with E-state index in [-0.39, 0.29) is 5.91 Å². The normalized spacial score (nSPS) is 18.2. The minimum absolute atomic E-state index is 0.158. The molecular weight excluding hydrogens is 332 g/mol. The highest BCUT2D eigenvalue weighted by Gasteiger charge is 2.40. The van der Waals surface area contributed by atoms with Crippen LogP contribution in [0, 0.1) is 0 Å². The molecule has 0 saturated carbocycles. The Kier molecular flexibility index (Phi) is 5.77. The summed E-state index contributed by atoms with van der Waals surface area (Å²) in [7, 11) is 0. The maximum atomic E-state index is 13.2. The summed E-state index contributed by atoms with van der Waals surface area (Å²) in [5.74, 6) is -0.158. The Labute approximate surface area is 155 Å². The minimum Gasteiger partial charge on any atom is -0.352 e. The molecule has 132 valence electrons. The molecule has 0 spiro atoms. The van der Waals surface area contributed by atoms with Crippen LogP contribution in [0.2, 0.25) is 0 Å². The average Bonchev–Trinajstić information content (AvgIpc) is 3.14. The second-order valence-electron chi connectivity index (χ2n) is 6.53. The molecule has 4 heteroatoms. The third-order valence-corrected chi connectivity index (χ3v) is 5.67. The van der Waals surface area contributed by atoms with Gasteiger partial charge in [0, 0.05) is 12.6 Å². The van der Waals surface area contributed by atoms with Crippen molar-refractivity contribution in [1.29, 1.82) is 0 Å². The van der Waals surface area contributed by atoms with Crippen LogP contribution in [0.3, 0.4) is 0 Å². The van der Waals surface area contributed by atoms with Crippen molar-refractivity contribution >= 4 is 17.5 Å². The van der Waals surface area contributed by atoms with E-state index in [1.54, 1.807) is 0 Å². The number of halogens is 1. The van der Waals surface area contributed by atoms with Crippen LogP contribution in [-0.4, -0.2) is 36.5 Å². The van der Waals surface area contributed by atoms with Gasteiger partial charge in [0.1, 0.15) is 0 Å². The Morgan fingerprint density at radius 3 is 2.20 bits per heavy atom. The van der Waals surface area contributed by atoms with Crippen LogP contribution in [0.15, 0.2) is 60.7 Å². The van der Waals surface area contributed by atoms with Gasteiger partial charge < -0.3 is 5.32 Å². The molecule has 1 amide bonds. The first-order valence-corrected chi connectivity index (χ1v) is 9.36. The molecule has 1 atom stereocenters. The molecule has 2 aromatic carbocycles. The van der Waals surface area contributed by atoms with Crippen LogP contribution in [-0.2, 0) is 9.67 Å². The number of carbonyl (C=O) groups excluding carboxylic acids is 1. The van der Waals surface area contributed by atoms with Crippen molar-refractivity contribution in [2.45, 2.75) is 30.7 Å². The maximum Gasteiger partial charge on any atom is 0.250 e. The zero-order chi connectivity index (χ0) is 17.7. The Hall–Kier alpha value is -1.84. The molecule has 1 aliphatic rings. The van der Waals surface area contributed by atoms with E-state index in [1.165, 1.54) is 6.42 Å². The molecule has 2 aromatic rings. The van der Waals surface area contributed by atoms with E-state index in [0.29, 0.717) is 12.6 Å². The highest BCUT2D eigenvalue weighted by atomic mass is 35.5. The first-order chi connectivity index (χ1) is 12.2. The fourth-order valence-corrected chi connectivity index (χ4v) is 3.96. The molecule has 0 aromatic heterocycles. The number of alkyl halides is 1. The van der Waals surface area contributed by atoms with E-state index >= 15 is 0 Å². The number of hydrogen-bond acceptors (Lipinski definition) is 2. The van der Waals surface area contributed by atoms with Crippen molar-refractivity contribution in [3.63, 3.8) is 0 Å². The number of amides is 1. The summed E-state index contributed by atoms with van der Waals surface area (Å²) in [6.45, 7) is 4.94. The van der Waals surface area contributed by atoms with Crippen molar-refractivity contribution in [3.8, 4) is 0 Å². The lowest BCUT2D eigenvalue weighted by Crippen LogP contribution is -2.46. The first kappa shape index (κ1) is 18.0. The molecule has 1 aliphatic heterocycles. The standard InChI is InChI=1S/C21H25ClN2O/c1-2-24-15-9-14-19(24)16-23-20(25)21(22,17-10-5-3-6-11-17)18-12-7-4-8-13-18/h3-8,10-13,19H,2,9,14-16H2,1H3,(H,23,25). The van der Waals surface area contributed by atoms with Crippen LogP contribution in [0.4, 0.5) is 0 Å². The van der Waals surface area contributed by atoms with Gasteiger partial charge in [0.05, 0.1) is 0 Å². The monoisotopic (exact) mass is 356 g/mol. The molecule has 1 heterocycles. The van der Waals surface area contributed by atoms with Crippen molar-refractivity contribution in [1.82, 2.24) is 10.2 Å². The Morgan fingerprint density at radius 2 is 1.68 bits per heavy atom. The number of likely N-dealkylation sites (tertiary alicyclic amines) is 1. The lowest BCUT2D eigenvalue weighted by molar-refractivity contribution is -0.123. The van der Waals surface area contributed by atoms with E-state index in [1.807, 2.05) is 60.7 Å². The van der Waals surface area contributed by atoms with Crippen LogP contribution in [0.1, 0.15) is 30.9 Å². The van der Waals surface area contributed by atoms with Gasteiger partial charge in [-0.15, -0.1) is 0 Å². The van der Waals surface area contributed by atoms with Gasteiger partial charge in [0.15, 0.2) is 4.87 Å². The number of likely N-dealkylation sites (N-methyl/N-ethyl adjacent to an activating group) is 1. The molecule has 0 bridgehead atoms. The first-order valence-electron chi connectivity index (χ1n) is 8.98. The number of hydrogen-bond donors (Lipinski definition) is 1. The van der Waals surface area contributed by atoms with Crippen LogP contribution >= 0.6 is 11.6 Å². The van der Waals surface area contributed by atoms with Gasteiger partial charge in [-0.05, 0) is 37.1 Å². The van der Waals surface area contributed by atoms with Gasteiger partial charge in [-0.3, -0.25) is 9.69 Å². The highest BCUT2D eigenvalue weighted by Crippen LogP contribution is 2.37. The van der Waals surface area contributed by atoms with Crippen molar-refractivity contribution in [2.75, 3.05) is 19.6 Å². The van der Waals surface area contributed by atoms with Crippen molar-refractivity contribution < 1.29 is 4.79 Å². The van der Waals surface area contributed by atoms with Crippen LogP contribution < -0.4 is 5.32 Å². The smallest absolute Gasteiger partial charge is 0.250 e. The molecular formula is C21H25ClN2O. The third kappa shape index (κ3) is 3.73. The lowest BCUT2D eigenvalue weighted by Gasteiger charge is -2.29. The van der Waals surface area contributed by atoms with Crippen molar-refractivity contribution in [3.05, 3.63) is 71.8 Å². The topological polar surface area (TPSA) is 32.3 Å². The summed E-state index contributed by atoms with van der Waals surface area (Å²) in [5, 5.41) is 3.11. The summed E-state index contributed by atoms with van der Waals surface area (Å²) in [6.07, 6.45) is 2.32. The molecule has 3 rings (SSSR count). The van der Waals surface area contributed by atoms with E-state index in [4.69, 9.17) is 11.6 Å². The summed E-state index contributed by atoms with van der Waals surface area (Å²) < 4.78 is 0. The molecule has 0 radical (unpaired) electrons. The molecule has 1 saturated heterocycles. The van der Waals surface area contributed by atoms with Gasteiger partial charge in [0.2, 0.25) is 5.91 Å². The van der Waals surface area contributed by atoms with Gasteiger partial charge in [-0.1, -0.05) is 79.2 Å². The lowest BCUT2D eigenvalue weighted by atomic mass is 9.89. The average molecular weight is 357 g/mol. The fraction of sp³-hybridized carbons (Fsp3) is 0.381. The zero-order valence-corrected chi connectivity index (χ0v) is 15.4. The second kappa shape index (κ2) is 8.03. The molecule has 3 nitrogen and oxygen atoms in total. The number of benzene rings is 2. The van der Waals surface area contributed by atoms with Gasteiger partial charge in [-0.25, -0.2) is 0 Å². The predicted molar refractivity (Wildman–Crippen MR) is 103 cm³/mol. The number of nitrogens with zero attached hydrogens (tertiary/aromatic N) is 1. The number of nitrogens with one attached hydrogen (secondary N) is 1. The molecule has 0 aliphatic carbocycles. The summed E-state index contributed by atoms with van der Waals surface area (Å²) in [4.78, 5) is 14.4. The van der Waals surface area contributed by atoms with Gasteiger partial charge in [0.25, 0.3) is 0 Å². The molecule has 25 heavy (non-hydrogen) atoms. The molecule has 1 fully saturated rings. The highest BCUT2D eigenvalue weighted by molar-refractivity contribution is 6.37. The molecule has 1 unspecified atom stereocenters. The number of rotatable bonds is 6. The van der Waals surface area contributed by atoms with E-state index in [0.717, 1.165) is 30.6 Å².